The second kappa shape index (κ2) is 16.2. The standard InChI is InChI=1S/C42H70O11/c1-11-29(38(46)47)31-15-14-23(4)36(50-31)27(8)34(44)26(7)35(45)30(12-2)37-24(5)22-25(6)41(51-37)19-16-32(43)42(53-41)21-20-39(10,52-42)33-17-18-40(48,13-3)28(9)49-33/h16,19,23-34,36-37,43-44,48H,11-15,17-18,20-22H2,1-10H3,(H,46,47)/t23-,24-,25-,26-,27+,28-,29-,30-,31-,32-,33-,34+,36+,37+,39+,40+,41-,42-/m0/s1. The van der Waals surface area contributed by atoms with Crippen LogP contribution in [0.1, 0.15) is 133 Å². The zero-order chi connectivity index (χ0) is 39.3. The fourth-order valence-corrected chi connectivity index (χ4v) is 10.5. The number of rotatable bonds is 12. The number of Topliss-reactive ketones (excluding diaryl/α,β-unsaturated/α-hetero) is 1. The van der Waals surface area contributed by atoms with Crippen LogP contribution in [0.3, 0.4) is 0 Å². The van der Waals surface area contributed by atoms with Crippen LogP contribution < -0.4 is 0 Å². The van der Waals surface area contributed by atoms with E-state index in [1.54, 1.807) is 19.1 Å². The third-order valence-corrected chi connectivity index (χ3v) is 14.4. The van der Waals surface area contributed by atoms with Crippen molar-refractivity contribution in [2.75, 3.05) is 0 Å². The fourth-order valence-electron chi connectivity index (χ4n) is 10.5. The lowest BCUT2D eigenvalue weighted by Gasteiger charge is -2.54. The molecule has 11 nitrogen and oxygen atoms in total. The van der Waals surface area contributed by atoms with Crippen LogP contribution in [-0.4, -0.2) is 97.7 Å². The number of ether oxygens (including phenoxy) is 5. The highest BCUT2D eigenvalue weighted by molar-refractivity contribution is 5.84. The predicted molar refractivity (Wildman–Crippen MR) is 199 cm³/mol. The first-order valence-electron chi connectivity index (χ1n) is 20.7. The van der Waals surface area contributed by atoms with E-state index < -0.39 is 76.8 Å². The van der Waals surface area contributed by atoms with Crippen molar-refractivity contribution in [2.24, 2.45) is 41.4 Å². The Morgan fingerprint density at radius 3 is 2.17 bits per heavy atom. The minimum Gasteiger partial charge on any atom is -0.481 e. The highest BCUT2D eigenvalue weighted by Crippen LogP contribution is 2.54. The van der Waals surface area contributed by atoms with Gasteiger partial charge in [0.2, 0.25) is 5.79 Å². The van der Waals surface area contributed by atoms with E-state index in [-0.39, 0.29) is 41.8 Å². The Balaban J connectivity index is 1.31. The first-order chi connectivity index (χ1) is 24.8. The molecule has 0 aromatic carbocycles. The zero-order valence-corrected chi connectivity index (χ0v) is 34.0. The van der Waals surface area contributed by atoms with Crippen molar-refractivity contribution in [3.05, 3.63) is 12.2 Å². The molecule has 0 unspecified atom stereocenters. The van der Waals surface area contributed by atoms with Gasteiger partial charge in [0, 0.05) is 30.1 Å². The molecule has 5 aliphatic rings. The molecule has 11 heteroatoms. The molecule has 4 N–H and O–H groups in total. The molecule has 4 fully saturated rings. The second-order valence-electron chi connectivity index (χ2n) is 17.9. The number of carbonyl (C=O) groups is 2. The van der Waals surface area contributed by atoms with Gasteiger partial charge in [0.25, 0.3) is 0 Å². The summed E-state index contributed by atoms with van der Waals surface area (Å²) in [6.45, 7) is 19.6. The molecular formula is C42H70O11. The molecule has 0 aliphatic carbocycles. The summed E-state index contributed by atoms with van der Waals surface area (Å²) in [5, 5.41) is 44.0. The van der Waals surface area contributed by atoms with E-state index >= 15 is 0 Å². The minimum atomic E-state index is -1.37. The Morgan fingerprint density at radius 1 is 0.887 bits per heavy atom. The predicted octanol–water partition coefficient (Wildman–Crippen LogP) is 6.19. The van der Waals surface area contributed by atoms with Crippen LogP contribution in [0, 0.1) is 41.4 Å². The van der Waals surface area contributed by atoms with Crippen LogP contribution in [0.15, 0.2) is 12.2 Å². The Kier molecular flexibility index (Phi) is 13.0. The van der Waals surface area contributed by atoms with E-state index in [1.807, 2.05) is 41.5 Å². The topological polar surface area (TPSA) is 161 Å². The second-order valence-corrected chi connectivity index (χ2v) is 17.9. The van der Waals surface area contributed by atoms with Crippen molar-refractivity contribution >= 4 is 11.8 Å². The van der Waals surface area contributed by atoms with Gasteiger partial charge in [-0.2, -0.15) is 0 Å². The van der Waals surface area contributed by atoms with Gasteiger partial charge in [-0.15, -0.1) is 0 Å². The van der Waals surface area contributed by atoms with Gasteiger partial charge in [0.1, 0.15) is 11.9 Å². The molecule has 5 aliphatic heterocycles. The molecule has 0 amide bonds. The summed E-state index contributed by atoms with van der Waals surface area (Å²) in [7, 11) is 0. The maximum atomic E-state index is 14.4. The smallest absolute Gasteiger partial charge is 0.309 e. The van der Waals surface area contributed by atoms with Gasteiger partial charge in [-0.1, -0.05) is 55.4 Å². The number of aliphatic hydroxyl groups excluding tert-OH is 2. The number of hydrogen-bond donors (Lipinski definition) is 4. The van der Waals surface area contributed by atoms with Crippen molar-refractivity contribution in [1.82, 2.24) is 0 Å². The number of aliphatic carboxylic acids is 1. The van der Waals surface area contributed by atoms with Crippen LogP contribution in [-0.2, 0) is 33.3 Å². The van der Waals surface area contributed by atoms with Gasteiger partial charge in [-0.05, 0) is 95.6 Å². The lowest BCUT2D eigenvalue weighted by atomic mass is 9.72. The summed E-state index contributed by atoms with van der Waals surface area (Å²) in [6.07, 6.45) is 5.51. The molecule has 18 atom stereocenters. The highest BCUT2D eigenvalue weighted by Gasteiger charge is 2.63. The molecule has 0 aromatic rings. The van der Waals surface area contributed by atoms with E-state index in [0.29, 0.717) is 57.8 Å². The lowest BCUT2D eigenvalue weighted by Crippen LogP contribution is -2.63. The van der Waals surface area contributed by atoms with Crippen molar-refractivity contribution in [2.45, 2.75) is 199 Å². The normalized spacial score (nSPS) is 46.2. The van der Waals surface area contributed by atoms with Gasteiger partial charge in [0.15, 0.2) is 5.79 Å². The monoisotopic (exact) mass is 750 g/mol. The van der Waals surface area contributed by atoms with Crippen LogP contribution in [0.5, 0.6) is 0 Å². The SMILES string of the molecule is CC[C@H](C(=O)O)[C@@H]1CC[C@H](C)[C@H]([C@H](C)[C@H](O)[C@H](C)C(=O)[C@H](CC)[C@@H]2O[C@]3(C=C[C@H](O)[C@]4(CC[C@](C)([C@@H]5CC[C@](O)(CC)[C@H](C)O5)O4)O3)[C@@H](C)C[C@@H]2C)O1. The number of ketones is 1. The molecule has 0 radical (unpaired) electrons. The summed E-state index contributed by atoms with van der Waals surface area (Å²) in [5.74, 6) is -5.78. The first kappa shape index (κ1) is 42.7. The summed E-state index contributed by atoms with van der Waals surface area (Å²) < 4.78 is 33.5. The number of aliphatic hydroxyl groups is 3. The number of carboxylic acid groups (broad SMARTS) is 1. The molecule has 53 heavy (non-hydrogen) atoms. The minimum absolute atomic E-state index is 0.0137. The largest absolute Gasteiger partial charge is 0.481 e. The van der Waals surface area contributed by atoms with Crippen molar-refractivity contribution in [3.8, 4) is 0 Å². The first-order valence-corrected chi connectivity index (χ1v) is 20.7. The number of hydrogen-bond acceptors (Lipinski definition) is 10. The van der Waals surface area contributed by atoms with E-state index in [1.165, 1.54) is 0 Å². The third-order valence-electron chi connectivity index (χ3n) is 14.4. The molecule has 304 valence electrons. The molecule has 5 rings (SSSR count). The Labute approximate surface area is 317 Å². The maximum absolute atomic E-state index is 14.4. The van der Waals surface area contributed by atoms with Gasteiger partial charge in [-0.25, -0.2) is 0 Å². The number of carbonyl (C=O) groups excluding carboxylic acids is 1. The molecule has 5 heterocycles. The van der Waals surface area contributed by atoms with Gasteiger partial charge < -0.3 is 44.1 Å². The molecule has 0 saturated carbocycles. The van der Waals surface area contributed by atoms with Crippen LogP contribution in [0.2, 0.25) is 0 Å². The van der Waals surface area contributed by atoms with E-state index in [9.17, 15) is 30.0 Å². The fraction of sp³-hybridized carbons (Fsp3) is 0.905. The van der Waals surface area contributed by atoms with E-state index in [4.69, 9.17) is 23.7 Å². The summed E-state index contributed by atoms with van der Waals surface area (Å²) in [6, 6.07) is 0. The quantitative estimate of drug-likeness (QED) is 0.169. The average molecular weight is 751 g/mol. The maximum Gasteiger partial charge on any atom is 0.309 e. The Bertz CT molecular complexity index is 1320. The molecule has 0 bridgehead atoms. The van der Waals surface area contributed by atoms with Crippen LogP contribution in [0.25, 0.3) is 0 Å². The van der Waals surface area contributed by atoms with E-state index in [2.05, 4.69) is 20.8 Å². The molecular weight excluding hydrogens is 680 g/mol. The van der Waals surface area contributed by atoms with Crippen molar-refractivity contribution in [3.63, 3.8) is 0 Å². The Hall–Kier alpha value is -1.44. The number of carboxylic acids is 1. The molecule has 0 aromatic heterocycles. The zero-order valence-electron chi connectivity index (χ0n) is 34.0. The van der Waals surface area contributed by atoms with Crippen molar-refractivity contribution < 1.29 is 53.7 Å². The highest BCUT2D eigenvalue weighted by atomic mass is 16.8. The Morgan fingerprint density at radius 2 is 1.57 bits per heavy atom. The van der Waals surface area contributed by atoms with Gasteiger partial charge in [-0.3, -0.25) is 9.59 Å². The summed E-state index contributed by atoms with van der Waals surface area (Å²) in [4.78, 5) is 26.4. The third kappa shape index (κ3) is 7.94. The molecule has 2 spiro atoms. The van der Waals surface area contributed by atoms with Gasteiger partial charge >= 0.3 is 5.97 Å². The summed E-state index contributed by atoms with van der Waals surface area (Å²) in [5.41, 5.74) is -1.63. The van der Waals surface area contributed by atoms with Crippen LogP contribution in [0.4, 0.5) is 0 Å². The van der Waals surface area contributed by atoms with Crippen LogP contribution >= 0.6 is 0 Å². The summed E-state index contributed by atoms with van der Waals surface area (Å²) >= 11 is 0. The molecule has 4 saturated heterocycles. The van der Waals surface area contributed by atoms with Crippen molar-refractivity contribution in [1.29, 1.82) is 0 Å². The van der Waals surface area contributed by atoms with E-state index in [0.717, 1.165) is 6.42 Å². The lowest BCUT2D eigenvalue weighted by molar-refractivity contribution is -0.409. The van der Waals surface area contributed by atoms with Gasteiger partial charge in [0.05, 0.1) is 53.7 Å². The average Bonchev–Trinajstić information content (AvgIpc) is 3.47.